The van der Waals surface area contributed by atoms with Gasteiger partial charge in [0, 0.05) is 12.5 Å². The van der Waals surface area contributed by atoms with Crippen LogP contribution in [0.5, 0.6) is 0 Å². The summed E-state index contributed by atoms with van der Waals surface area (Å²) in [5.74, 6) is -3.25. The maximum Gasteiger partial charge on any atom is 0.416 e. The van der Waals surface area contributed by atoms with Gasteiger partial charge < -0.3 is 10.1 Å². The van der Waals surface area contributed by atoms with E-state index in [1.165, 1.54) is 12.1 Å². The third-order valence-electron chi connectivity index (χ3n) is 3.91. The third-order valence-corrected chi connectivity index (χ3v) is 3.91. The Morgan fingerprint density at radius 1 is 1.07 bits per heavy atom. The molecule has 0 unspecified atom stereocenters. The number of benzene rings is 2. The predicted molar refractivity (Wildman–Crippen MR) is 89.2 cm³/mol. The van der Waals surface area contributed by atoms with Crippen molar-refractivity contribution in [2.45, 2.75) is 25.1 Å². The predicted octanol–water partition coefficient (Wildman–Crippen LogP) is 3.43. The minimum Gasteiger partial charge on any atom is -0.467 e. The molecule has 0 heterocycles. The Labute approximate surface area is 157 Å². The van der Waals surface area contributed by atoms with Gasteiger partial charge >= 0.3 is 12.1 Å². The molecule has 0 saturated carbocycles. The molecule has 0 aromatic heterocycles. The topological polar surface area (TPSA) is 55.4 Å². The molecule has 0 radical (unpaired) electrons. The summed E-state index contributed by atoms with van der Waals surface area (Å²) in [6.45, 7) is 0. The van der Waals surface area contributed by atoms with E-state index in [9.17, 15) is 31.5 Å². The molecule has 0 saturated heterocycles. The summed E-state index contributed by atoms with van der Waals surface area (Å²) in [5, 5.41) is 2.36. The first-order chi connectivity index (χ1) is 13.1. The van der Waals surface area contributed by atoms with E-state index in [1.54, 1.807) is 0 Å². The van der Waals surface area contributed by atoms with Crippen LogP contribution in [0.2, 0.25) is 0 Å². The van der Waals surface area contributed by atoms with Crippen molar-refractivity contribution in [2.75, 3.05) is 7.11 Å². The molecule has 1 amide bonds. The molecule has 150 valence electrons. The van der Waals surface area contributed by atoms with Gasteiger partial charge in [-0.1, -0.05) is 18.2 Å². The molecule has 0 bridgehead atoms. The van der Waals surface area contributed by atoms with E-state index < -0.39 is 47.7 Å². The first kappa shape index (κ1) is 21.3. The first-order valence-corrected chi connectivity index (χ1v) is 8.07. The fourth-order valence-electron chi connectivity index (χ4n) is 2.48. The molecular weight excluding hydrogens is 385 g/mol. The first-order valence-electron chi connectivity index (χ1n) is 8.07. The average molecular weight is 401 g/mol. The molecule has 0 fully saturated rings. The lowest BCUT2D eigenvalue weighted by atomic mass is 10.0. The Balaban J connectivity index is 2.09. The molecule has 2 aromatic rings. The number of alkyl halides is 3. The number of hydrogen-bond acceptors (Lipinski definition) is 3. The van der Waals surface area contributed by atoms with Gasteiger partial charge in [0.15, 0.2) is 0 Å². The Bertz CT molecular complexity index is 850. The summed E-state index contributed by atoms with van der Waals surface area (Å²) in [4.78, 5) is 24.0. The zero-order valence-corrected chi connectivity index (χ0v) is 14.6. The van der Waals surface area contributed by atoms with Crippen LogP contribution in [0, 0.1) is 11.6 Å². The second-order valence-electron chi connectivity index (χ2n) is 5.95. The van der Waals surface area contributed by atoms with Crippen LogP contribution in [-0.2, 0) is 33.3 Å². The lowest BCUT2D eigenvalue weighted by Crippen LogP contribution is -2.43. The fraction of sp³-hybridized carbons (Fsp3) is 0.263. The molecule has 2 rings (SSSR count). The smallest absolute Gasteiger partial charge is 0.416 e. The number of carbonyl (C=O) groups excluding carboxylic acids is 2. The van der Waals surface area contributed by atoms with E-state index in [0.717, 1.165) is 31.4 Å². The second kappa shape index (κ2) is 8.81. The van der Waals surface area contributed by atoms with Crippen LogP contribution in [0.3, 0.4) is 0 Å². The van der Waals surface area contributed by atoms with Crippen LogP contribution in [0.1, 0.15) is 16.7 Å². The normalized spacial score (nSPS) is 12.4. The number of carbonyl (C=O) groups is 2. The molecular formula is C19H16F5NO3. The molecule has 1 atom stereocenters. The molecule has 9 heteroatoms. The van der Waals surface area contributed by atoms with Gasteiger partial charge in [-0.2, -0.15) is 13.2 Å². The molecule has 0 aliphatic rings. The van der Waals surface area contributed by atoms with Crippen molar-refractivity contribution in [1.29, 1.82) is 0 Å². The zero-order chi connectivity index (χ0) is 20.9. The van der Waals surface area contributed by atoms with E-state index in [4.69, 9.17) is 0 Å². The number of ether oxygens (including phenoxy) is 1. The summed E-state index contributed by atoms with van der Waals surface area (Å²) >= 11 is 0. The number of hydrogen-bond donors (Lipinski definition) is 1. The third kappa shape index (κ3) is 5.77. The quantitative estimate of drug-likeness (QED) is 0.596. The fourth-order valence-corrected chi connectivity index (χ4v) is 2.48. The van der Waals surface area contributed by atoms with Gasteiger partial charge in [0.05, 0.1) is 19.1 Å². The van der Waals surface area contributed by atoms with Gasteiger partial charge in [0.25, 0.3) is 0 Å². The number of rotatable bonds is 6. The van der Waals surface area contributed by atoms with Crippen molar-refractivity contribution in [3.05, 3.63) is 70.8 Å². The number of esters is 1. The maximum atomic E-state index is 13.7. The van der Waals surface area contributed by atoms with Crippen LogP contribution in [-0.4, -0.2) is 25.0 Å². The highest BCUT2D eigenvalue weighted by Crippen LogP contribution is 2.29. The van der Waals surface area contributed by atoms with Crippen molar-refractivity contribution in [3.63, 3.8) is 0 Å². The second-order valence-corrected chi connectivity index (χ2v) is 5.95. The summed E-state index contributed by atoms with van der Waals surface area (Å²) in [6, 6.07) is 5.63. The molecule has 4 nitrogen and oxygen atoms in total. The molecule has 28 heavy (non-hydrogen) atoms. The van der Waals surface area contributed by atoms with E-state index >= 15 is 0 Å². The van der Waals surface area contributed by atoms with Gasteiger partial charge in [-0.25, -0.2) is 13.6 Å². The van der Waals surface area contributed by atoms with Crippen molar-refractivity contribution in [3.8, 4) is 0 Å². The highest BCUT2D eigenvalue weighted by atomic mass is 19.4. The van der Waals surface area contributed by atoms with Crippen LogP contribution < -0.4 is 5.32 Å². The summed E-state index contributed by atoms with van der Waals surface area (Å²) in [6.07, 6.45) is -5.07. The maximum absolute atomic E-state index is 13.7. The molecule has 0 aliphatic carbocycles. The number of amides is 1. The van der Waals surface area contributed by atoms with E-state index in [2.05, 4.69) is 10.1 Å². The van der Waals surface area contributed by atoms with Gasteiger partial charge in [-0.15, -0.1) is 0 Å². The summed E-state index contributed by atoms with van der Waals surface area (Å²) < 4.78 is 69.0. The SMILES string of the molecule is COC(=O)[C@H](Cc1ccc(C(F)(F)F)cc1)NC(=O)Cc1ccc(F)cc1F. The molecule has 0 aliphatic heterocycles. The van der Waals surface area contributed by atoms with Gasteiger partial charge in [0.1, 0.15) is 17.7 Å². The van der Waals surface area contributed by atoms with E-state index in [1.807, 2.05) is 0 Å². The van der Waals surface area contributed by atoms with Crippen molar-refractivity contribution >= 4 is 11.9 Å². The van der Waals surface area contributed by atoms with Crippen molar-refractivity contribution in [2.24, 2.45) is 0 Å². The van der Waals surface area contributed by atoms with Crippen LogP contribution in [0.15, 0.2) is 42.5 Å². The van der Waals surface area contributed by atoms with Crippen LogP contribution in [0.4, 0.5) is 22.0 Å². The Morgan fingerprint density at radius 2 is 1.71 bits per heavy atom. The molecule has 0 spiro atoms. The van der Waals surface area contributed by atoms with Gasteiger partial charge in [0.2, 0.25) is 5.91 Å². The minimum atomic E-state index is -4.49. The summed E-state index contributed by atoms with van der Waals surface area (Å²) in [7, 11) is 1.09. The van der Waals surface area contributed by atoms with Crippen molar-refractivity contribution in [1.82, 2.24) is 5.32 Å². The van der Waals surface area contributed by atoms with E-state index in [-0.39, 0.29) is 12.0 Å². The summed E-state index contributed by atoms with van der Waals surface area (Å²) in [5.41, 5.74) is -0.560. The van der Waals surface area contributed by atoms with Crippen LogP contribution in [0.25, 0.3) is 0 Å². The van der Waals surface area contributed by atoms with Crippen LogP contribution >= 0.6 is 0 Å². The number of nitrogens with one attached hydrogen (secondary N) is 1. The molecule has 1 N–H and O–H groups in total. The Kier molecular flexibility index (Phi) is 6.71. The number of methoxy groups -OCH3 is 1. The average Bonchev–Trinajstić information content (AvgIpc) is 2.62. The Morgan fingerprint density at radius 3 is 2.25 bits per heavy atom. The van der Waals surface area contributed by atoms with Gasteiger partial charge in [-0.05, 0) is 29.3 Å². The minimum absolute atomic E-state index is 0.0722. The highest BCUT2D eigenvalue weighted by Gasteiger charge is 2.30. The lowest BCUT2D eigenvalue weighted by molar-refractivity contribution is -0.145. The lowest BCUT2D eigenvalue weighted by Gasteiger charge is -2.17. The number of halogens is 5. The monoisotopic (exact) mass is 401 g/mol. The van der Waals surface area contributed by atoms with E-state index in [0.29, 0.717) is 11.6 Å². The standard InChI is InChI=1S/C19H16F5NO3/c1-28-18(27)16(8-11-2-5-13(6-3-11)19(22,23)24)25-17(26)9-12-4-7-14(20)10-15(12)21/h2-7,10,16H,8-9H2,1H3,(H,25,26)/t16-/m0/s1. The highest BCUT2D eigenvalue weighted by molar-refractivity contribution is 5.85. The Hall–Kier alpha value is -2.97. The van der Waals surface area contributed by atoms with Gasteiger partial charge in [-0.3, -0.25) is 4.79 Å². The molecule has 2 aromatic carbocycles. The zero-order valence-electron chi connectivity index (χ0n) is 14.6. The largest absolute Gasteiger partial charge is 0.467 e. The van der Waals surface area contributed by atoms with Crippen molar-refractivity contribution < 1.29 is 36.3 Å².